The Labute approximate surface area is 164 Å². The zero-order valence-corrected chi connectivity index (χ0v) is 16.2. The lowest BCUT2D eigenvalue weighted by Gasteiger charge is -2.25. The highest BCUT2D eigenvalue weighted by molar-refractivity contribution is 7.80. The van der Waals surface area contributed by atoms with Crippen LogP contribution in [0.1, 0.15) is 12.5 Å². The number of nitrogens with zero attached hydrogens (tertiary/aromatic N) is 2. The van der Waals surface area contributed by atoms with Crippen LogP contribution in [0.25, 0.3) is 0 Å². The van der Waals surface area contributed by atoms with Crippen LogP contribution in [-0.4, -0.2) is 47.8 Å². The second-order valence-corrected chi connectivity index (χ2v) is 5.72. The van der Waals surface area contributed by atoms with E-state index in [9.17, 15) is 28.1 Å². The monoisotopic (exact) mass is 421 g/mol. The molecule has 0 aliphatic heterocycles. The zero-order valence-electron chi connectivity index (χ0n) is 15.4. The van der Waals surface area contributed by atoms with Crippen molar-refractivity contribution in [1.82, 2.24) is 4.90 Å². The number of rotatable bonds is 6. The molecule has 1 aromatic rings. The van der Waals surface area contributed by atoms with Crippen molar-refractivity contribution < 1.29 is 32.4 Å². The van der Waals surface area contributed by atoms with Gasteiger partial charge in [0, 0.05) is 12.6 Å². The van der Waals surface area contributed by atoms with Crippen molar-refractivity contribution in [3.05, 3.63) is 39.6 Å². The number of carbonyl (C=O) groups is 1. The number of thiocarbonyl (C=S) groups is 1. The number of ether oxygens (including phenoxy) is 2. The summed E-state index contributed by atoms with van der Waals surface area (Å²) in [6, 6.07) is 2.77. The van der Waals surface area contributed by atoms with Gasteiger partial charge in [-0.1, -0.05) is 6.07 Å². The lowest BCUT2D eigenvalue weighted by Crippen LogP contribution is -2.37. The number of nitro benzene ring substituents is 1. The molecular weight excluding hydrogens is 403 g/mol. The molecule has 0 atom stereocenters. The van der Waals surface area contributed by atoms with Gasteiger partial charge in [-0.15, -0.1) is 0 Å². The quantitative estimate of drug-likeness (QED) is 0.245. The summed E-state index contributed by atoms with van der Waals surface area (Å²) in [5.41, 5.74) is -1.43. The Morgan fingerprint density at radius 3 is 2.50 bits per heavy atom. The van der Waals surface area contributed by atoms with Crippen molar-refractivity contribution in [1.29, 1.82) is 0 Å². The van der Waals surface area contributed by atoms with Crippen molar-refractivity contribution in [3.8, 4) is 5.75 Å². The number of benzene rings is 1. The van der Waals surface area contributed by atoms with Gasteiger partial charge in [-0.2, -0.15) is 13.2 Å². The van der Waals surface area contributed by atoms with Crippen LogP contribution in [0.5, 0.6) is 5.75 Å². The number of aryl methyl sites for hydroxylation is 1. The number of alkyl halides is 3. The molecule has 0 aliphatic carbocycles. The Hall–Kier alpha value is -2.89. The zero-order chi connectivity index (χ0) is 21.6. The molecule has 28 heavy (non-hydrogen) atoms. The predicted octanol–water partition coefficient (Wildman–Crippen LogP) is 3.55. The molecule has 0 radical (unpaired) electrons. The van der Waals surface area contributed by atoms with Gasteiger partial charge in [0.2, 0.25) is 5.75 Å². The number of allylic oxidation sites excluding steroid dienone is 1. The van der Waals surface area contributed by atoms with Gasteiger partial charge < -0.3 is 19.7 Å². The molecule has 8 nitrogen and oxygen atoms in total. The number of esters is 1. The topological polar surface area (TPSA) is 93.9 Å². The van der Waals surface area contributed by atoms with Crippen molar-refractivity contribution in [2.75, 3.05) is 26.1 Å². The standard InChI is InChI=1S/C16H18F3N3O5S/c1-5-27-12(23)8-11(16(17,18)19)21(3)15(28)20-10-7-6-9(2)13(22(24)25)14(10)26-4/h6-8H,5H2,1-4H3,(H,20,28)/b11-8-. The molecule has 1 N–H and O–H groups in total. The summed E-state index contributed by atoms with van der Waals surface area (Å²) in [6.07, 6.45) is -4.64. The van der Waals surface area contributed by atoms with E-state index in [2.05, 4.69) is 10.1 Å². The third kappa shape index (κ3) is 5.55. The van der Waals surface area contributed by atoms with Crippen LogP contribution in [0, 0.1) is 17.0 Å². The van der Waals surface area contributed by atoms with E-state index in [1.165, 1.54) is 33.1 Å². The first kappa shape index (κ1) is 23.1. The average Bonchev–Trinajstić information content (AvgIpc) is 2.59. The normalized spacial score (nSPS) is 11.6. The number of anilines is 1. The van der Waals surface area contributed by atoms with Crippen LogP contribution in [-0.2, 0) is 9.53 Å². The van der Waals surface area contributed by atoms with E-state index < -0.39 is 27.9 Å². The number of hydrogen-bond donors (Lipinski definition) is 1. The fourth-order valence-electron chi connectivity index (χ4n) is 2.17. The van der Waals surface area contributed by atoms with Crippen molar-refractivity contribution in [2.45, 2.75) is 20.0 Å². The molecule has 154 valence electrons. The minimum absolute atomic E-state index is 0.00527. The molecule has 1 rings (SSSR count). The molecule has 12 heteroatoms. The van der Waals surface area contributed by atoms with Gasteiger partial charge in [-0.05, 0) is 32.1 Å². The first-order valence-corrected chi connectivity index (χ1v) is 8.17. The maximum absolute atomic E-state index is 13.3. The number of nitro groups is 1. The molecule has 0 bridgehead atoms. The lowest BCUT2D eigenvalue weighted by molar-refractivity contribution is -0.386. The van der Waals surface area contributed by atoms with E-state index in [1.807, 2.05) is 0 Å². The van der Waals surface area contributed by atoms with E-state index in [-0.39, 0.29) is 29.8 Å². The lowest BCUT2D eigenvalue weighted by atomic mass is 10.1. The molecule has 0 spiro atoms. The molecule has 0 saturated heterocycles. The van der Waals surface area contributed by atoms with Crippen molar-refractivity contribution >= 4 is 34.7 Å². The smallest absolute Gasteiger partial charge is 0.431 e. The summed E-state index contributed by atoms with van der Waals surface area (Å²) in [4.78, 5) is 22.5. The van der Waals surface area contributed by atoms with Crippen molar-refractivity contribution in [2.24, 2.45) is 0 Å². The minimum atomic E-state index is -4.91. The van der Waals surface area contributed by atoms with Gasteiger partial charge in [0.1, 0.15) is 5.70 Å². The summed E-state index contributed by atoms with van der Waals surface area (Å²) in [7, 11) is 2.17. The Morgan fingerprint density at radius 1 is 1.43 bits per heavy atom. The summed E-state index contributed by atoms with van der Waals surface area (Å²) in [5, 5.41) is 13.2. The van der Waals surface area contributed by atoms with E-state index in [0.717, 1.165) is 7.05 Å². The van der Waals surface area contributed by atoms with E-state index in [1.54, 1.807) is 0 Å². The van der Waals surface area contributed by atoms with Crippen LogP contribution in [0.3, 0.4) is 0 Å². The second-order valence-electron chi connectivity index (χ2n) is 5.34. The van der Waals surface area contributed by atoms with Crippen LogP contribution in [0.15, 0.2) is 23.9 Å². The Balaban J connectivity index is 3.26. The summed E-state index contributed by atoms with van der Waals surface area (Å²) >= 11 is 4.97. The summed E-state index contributed by atoms with van der Waals surface area (Å²) in [5.74, 6) is -1.38. The number of carbonyl (C=O) groups excluding carboxylic acids is 1. The fraction of sp³-hybridized carbons (Fsp3) is 0.375. The molecule has 0 unspecified atom stereocenters. The Kier molecular flexibility index (Phi) is 7.73. The van der Waals surface area contributed by atoms with Crippen LogP contribution < -0.4 is 10.1 Å². The minimum Gasteiger partial charge on any atom is -0.489 e. The van der Waals surface area contributed by atoms with Crippen LogP contribution in [0.2, 0.25) is 0 Å². The van der Waals surface area contributed by atoms with Crippen LogP contribution in [0.4, 0.5) is 24.5 Å². The maximum Gasteiger partial charge on any atom is 0.431 e. The molecule has 0 fully saturated rings. The number of methoxy groups -OCH3 is 1. The molecule has 1 aromatic carbocycles. The molecular formula is C16H18F3N3O5S. The van der Waals surface area contributed by atoms with Gasteiger partial charge in [0.05, 0.1) is 30.4 Å². The Morgan fingerprint density at radius 2 is 2.04 bits per heavy atom. The maximum atomic E-state index is 13.3. The third-order valence-electron chi connectivity index (χ3n) is 3.46. The number of halogens is 3. The number of hydrogen-bond acceptors (Lipinski definition) is 6. The summed E-state index contributed by atoms with van der Waals surface area (Å²) < 4.78 is 49.5. The molecule has 0 aromatic heterocycles. The average molecular weight is 421 g/mol. The third-order valence-corrected chi connectivity index (χ3v) is 3.84. The highest BCUT2D eigenvalue weighted by Crippen LogP contribution is 2.38. The molecule has 0 saturated carbocycles. The SMILES string of the molecule is CCOC(=O)/C=C(\N(C)C(=S)Nc1ccc(C)c([N+](=O)[O-])c1OC)C(F)(F)F. The summed E-state index contributed by atoms with van der Waals surface area (Å²) in [6.45, 7) is 2.83. The highest BCUT2D eigenvalue weighted by Gasteiger charge is 2.39. The second kappa shape index (κ2) is 9.35. The van der Waals surface area contributed by atoms with Crippen LogP contribution >= 0.6 is 12.2 Å². The molecule has 0 heterocycles. The van der Waals surface area contributed by atoms with E-state index in [0.29, 0.717) is 10.5 Å². The Bertz CT molecular complexity index is 811. The van der Waals surface area contributed by atoms with Crippen molar-refractivity contribution in [3.63, 3.8) is 0 Å². The van der Waals surface area contributed by atoms with E-state index in [4.69, 9.17) is 17.0 Å². The first-order valence-electron chi connectivity index (χ1n) is 7.76. The highest BCUT2D eigenvalue weighted by atomic mass is 32.1. The largest absolute Gasteiger partial charge is 0.489 e. The van der Waals surface area contributed by atoms with Gasteiger partial charge in [0.15, 0.2) is 5.11 Å². The number of nitrogens with one attached hydrogen (secondary N) is 1. The van der Waals surface area contributed by atoms with E-state index >= 15 is 0 Å². The fourth-order valence-corrected chi connectivity index (χ4v) is 2.38. The van der Waals surface area contributed by atoms with Gasteiger partial charge in [0.25, 0.3) is 0 Å². The molecule has 0 aliphatic rings. The van der Waals surface area contributed by atoms with Gasteiger partial charge in [-0.3, -0.25) is 10.1 Å². The predicted molar refractivity (Wildman–Crippen MR) is 99.1 cm³/mol. The first-order chi connectivity index (χ1) is 12.9. The van der Waals surface area contributed by atoms with Gasteiger partial charge >= 0.3 is 17.8 Å². The van der Waals surface area contributed by atoms with Gasteiger partial charge in [-0.25, -0.2) is 4.79 Å². The molecule has 0 amide bonds.